The first-order chi connectivity index (χ1) is 10.5. The molecule has 0 saturated carbocycles. The van der Waals surface area contributed by atoms with Gasteiger partial charge in [0.1, 0.15) is 17.9 Å². The lowest BCUT2D eigenvalue weighted by Crippen LogP contribution is -2.56. The van der Waals surface area contributed by atoms with E-state index in [9.17, 15) is 9.90 Å². The zero-order valence-corrected chi connectivity index (χ0v) is 12.2. The standard InChI is InChI=1S/C17H20N2O3/c18-16(21)17(19,12-20)10-13-6-8-15(9-7-13)22-11-14-4-2-1-3-5-14/h1-9,20H,10-12,19H2,(H2,18,21)/t17-/m1/s1. The molecule has 0 aromatic heterocycles. The average Bonchev–Trinajstić information content (AvgIpc) is 2.55. The quantitative estimate of drug-likeness (QED) is 0.710. The number of primary amides is 1. The highest BCUT2D eigenvalue weighted by Gasteiger charge is 2.31. The second kappa shape index (κ2) is 7.06. The Bertz CT molecular complexity index is 614. The molecule has 116 valence electrons. The number of hydrogen-bond donors (Lipinski definition) is 3. The molecule has 5 N–H and O–H groups in total. The van der Waals surface area contributed by atoms with Gasteiger partial charge in [-0.2, -0.15) is 0 Å². The van der Waals surface area contributed by atoms with Crippen LogP contribution in [-0.2, 0) is 17.8 Å². The molecule has 0 aliphatic rings. The molecular weight excluding hydrogens is 280 g/mol. The average molecular weight is 300 g/mol. The monoisotopic (exact) mass is 300 g/mol. The van der Waals surface area contributed by atoms with Crippen LogP contribution in [0.1, 0.15) is 11.1 Å². The molecule has 2 aromatic carbocycles. The van der Waals surface area contributed by atoms with Crippen molar-refractivity contribution in [2.45, 2.75) is 18.6 Å². The number of aliphatic hydroxyl groups excluding tert-OH is 1. The van der Waals surface area contributed by atoms with Crippen molar-refractivity contribution in [3.8, 4) is 5.75 Å². The van der Waals surface area contributed by atoms with Gasteiger partial charge in [0.25, 0.3) is 0 Å². The highest BCUT2D eigenvalue weighted by molar-refractivity contribution is 5.84. The van der Waals surface area contributed by atoms with E-state index in [1.54, 1.807) is 24.3 Å². The normalized spacial score (nSPS) is 13.4. The summed E-state index contributed by atoms with van der Waals surface area (Å²) in [6.07, 6.45) is 0.178. The maximum atomic E-state index is 11.3. The second-order valence-corrected chi connectivity index (χ2v) is 5.27. The Morgan fingerprint density at radius 3 is 2.23 bits per heavy atom. The van der Waals surface area contributed by atoms with Gasteiger partial charge < -0.3 is 21.3 Å². The van der Waals surface area contributed by atoms with Crippen LogP contribution in [-0.4, -0.2) is 23.2 Å². The van der Waals surface area contributed by atoms with E-state index in [2.05, 4.69) is 0 Å². The minimum Gasteiger partial charge on any atom is -0.489 e. The number of rotatable bonds is 7. The molecule has 22 heavy (non-hydrogen) atoms. The van der Waals surface area contributed by atoms with Crippen molar-refractivity contribution in [3.63, 3.8) is 0 Å². The van der Waals surface area contributed by atoms with Crippen LogP contribution >= 0.6 is 0 Å². The predicted octanol–water partition coefficient (Wildman–Crippen LogP) is 0.983. The second-order valence-electron chi connectivity index (χ2n) is 5.27. The van der Waals surface area contributed by atoms with Crippen molar-refractivity contribution in [2.24, 2.45) is 11.5 Å². The molecule has 1 amide bonds. The topological polar surface area (TPSA) is 98.6 Å². The number of amides is 1. The van der Waals surface area contributed by atoms with Gasteiger partial charge >= 0.3 is 0 Å². The van der Waals surface area contributed by atoms with Gasteiger partial charge in [-0.3, -0.25) is 4.79 Å². The number of carbonyl (C=O) groups excluding carboxylic acids is 1. The van der Waals surface area contributed by atoms with Gasteiger partial charge in [-0.1, -0.05) is 42.5 Å². The molecule has 0 radical (unpaired) electrons. The van der Waals surface area contributed by atoms with E-state index in [1.165, 1.54) is 0 Å². The molecule has 1 atom stereocenters. The number of nitrogens with two attached hydrogens (primary N) is 2. The first-order valence-electron chi connectivity index (χ1n) is 6.99. The first-order valence-corrected chi connectivity index (χ1v) is 6.99. The maximum absolute atomic E-state index is 11.3. The summed E-state index contributed by atoms with van der Waals surface area (Å²) in [5.74, 6) is -0.00213. The summed E-state index contributed by atoms with van der Waals surface area (Å²) in [5, 5.41) is 9.23. The number of hydrogen-bond acceptors (Lipinski definition) is 4. The number of aliphatic hydroxyl groups is 1. The maximum Gasteiger partial charge on any atom is 0.240 e. The predicted molar refractivity (Wildman–Crippen MR) is 84.1 cm³/mol. The third kappa shape index (κ3) is 4.07. The smallest absolute Gasteiger partial charge is 0.240 e. The fraction of sp³-hybridized carbons (Fsp3) is 0.235. The molecule has 0 spiro atoms. The Morgan fingerprint density at radius 2 is 1.68 bits per heavy atom. The summed E-state index contributed by atoms with van der Waals surface area (Å²) in [6, 6.07) is 17.1. The Balaban J connectivity index is 1.97. The summed E-state index contributed by atoms with van der Waals surface area (Å²) >= 11 is 0. The first kappa shape index (κ1) is 16.0. The number of carbonyl (C=O) groups is 1. The van der Waals surface area contributed by atoms with E-state index in [0.717, 1.165) is 16.9 Å². The lowest BCUT2D eigenvalue weighted by molar-refractivity contribution is -0.124. The van der Waals surface area contributed by atoms with Gasteiger partial charge in [0.15, 0.2) is 0 Å². The van der Waals surface area contributed by atoms with E-state index >= 15 is 0 Å². The van der Waals surface area contributed by atoms with Crippen molar-refractivity contribution in [2.75, 3.05) is 6.61 Å². The molecule has 5 nitrogen and oxygen atoms in total. The summed E-state index contributed by atoms with van der Waals surface area (Å²) in [7, 11) is 0. The molecule has 0 bridgehead atoms. The van der Waals surface area contributed by atoms with Crippen LogP contribution in [0.4, 0.5) is 0 Å². The molecule has 0 aliphatic carbocycles. The van der Waals surface area contributed by atoms with Crippen molar-refractivity contribution in [3.05, 3.63) is 65.7 Å². The Kier molecular flexibility index (Phi) is 5.14. The number of ether oxygens (including phenoxy) is 1. The van der Waals surface area contributed by atoms with Crippen LogP contribution in [0.2, 0.25) is 0 Å². The van der Waals surface area contributed by atoms with Gasteiger partial charge in [0.05, 0.1) is 6.61 Å². The third-order valence-corrected chi connectivity index (χ3v) is 3.46. The highest BCUT2D eigenvalue weighted by Crippen LogP contribution is 2.17. The molecule has 2 rings (SSSR count). The lowest BCUT2D eigenvalue weighted by atomic mass is 9.92. The largest absolute Gasteiger partial charge is 0.489 e. The van der Waals surface area contributed by atoms with E-state index in [-0.39, 0.29) is 6.42 Å². The van der Waals surface area contributed by atoms with Gasteiger partial charge in [0, 0.05) is 6.42 Å². The Labute approximate surface area is 129 Å². The van der Waals surface area contributed by atoms with Crippen molar-refractivity contribution in [1.29, 1.82) is 0 Å². The minimum absolute atomic E-state index is 0.178. The van der Waals surface area contributed by atoms with Gasteiger partial charge in [0.2, 0.25) is 5.91 Å². The van der Waals surface area contributed by atoms with Gasteiger partial charge in [-0.05, 0) is 23.3 Å². The summed E-state index contributed by atoms with van der Waals surface area (Å²) in [6.45, 7) is -0.00642. The van der Waals surface area contributed by atoms with Crippen molar-refractivity contribution in [1.82, 2.24) is 0 Å². The zero-order chi connectivity index (χ0) is 16.0. The zero-order valence-electron chi connectivity index (χ0n) is 12.2. The van der Waals surface area contributed by atoms with Crippen LogP contribution in [0.15, 0.2) is 54.6 Å². The minimum atomic E-state index is -1.44. The molecular formula is C17H20N2O3. The van der Waals surface area contributed by atoms with Crippen molar-refractivity contribution >= 4 is 5.91 Å². The van der Waals surface area contributed by atoms with E-state index in [1.807, 2.05) is 30.3 Å². The van der Waals surface area contributed by atoms with Crippen LogP contribution in [0, 0.1) is 0 Å². The van der Waals surface area contributed by atoms with Gasteiger partial charge in [-0.15, -0.1) is 0 Å². The third-order valence-electron chi connectivity index (χ3n) is 3.46. The molecule has 0 fully saturated rings. The number of benzene rings is 2. The van der Waals surface area contributed by atoms with Crippen LogP contribution in [0.5, 0.6) is 5.75 Å². The van der Waals surface area contributed by atoms with Crippen LogP contribution in [0.25, 0.3) is 0 Å². The highest BCUT2D eigenvalue weighted by atomic mass is 16.5. The molecule has 0 unspecified atom stereocenters. The van der Waals surface area contributed by atoms with E-state index < -0.39 is 18.1 Å². The molecule has 5 heteroatoms. The summed E-state index contributed by atoms with van der Waals surface area (Å²) < 4.78 is 5.68. The summed E-state index contributed by atoms with van der Waals surface area (Å²) in [4.78, 5) is 11.3. The fourth-order valence-corrected chi connectivity index (χ4v) is 2.03. The molecule has 0 aliphatic heterocycles. The Morgan fingerprint density at radius 1 is 1.05 bits per heavy atom. The fourth-order valence-electron chi connectivity index (χ4n) is 2.03. The van der Waals surface area contributed by atoms with Crippen LogP contribution in [0.3, 0.4) is 0 Å². The van der Waals surface area contributed by atoms with Crippen molar-refractivity contribution < 1.29 is 14.6 Å². The Hall–Kier alpha value is -2.37. The molecule has 2 aromatic rings. The van der Waals surface area contributed by atoms with Crippen LogP contribution < -0.4 is 16.2 Å². The SMILES string of the molecule is NC(=O)[C@](N)(CO)Cc1ccc(OCc2ccccc2)cc1. The van der Waals surface area contributed by atoms with Gasteiger partial charge in [-0.25, -0.2) is 0 Å². The lowest BCUT2D eigenvalue weighted by Gasteiger charge is -2.23. The summed E-state index contributed by atoms with van der Waals surface area (Å²) in [5.41, 5.74) is 11.5. The van der Waals surface area contributed by atoms with E-state index in [4.69, 9.17) is 16.2 Å². The molecule has 0 saturated heterocycles. The molecule has 0 heterocycles. The van der Waals surface area contributed by atoms with E-state index in [0.29, 0.717) is 6.61 Å².